The van der Waals surface area contributed by atoms with E-state index >= 15 is 0 Å². The molecule has 0 saturated heterocycles. The van der Waals surface area contributed by atoms with Crippen molar-refractivity contribution in [3.05, 3.63) is 38.3 Å². The Hall–Kier alpha value is -1.47. The summed E-state index contributed by atoms with van der Waals surface area (Å²) in [5, 5.41) is 13.9. The van der Waals surface area contributed by atoms with E-state index in [4.69, 9.17) is 0 Å². The van der Waals surface area contributed by atoms with Crippen molar-refractivity contribution in [2.75, 3.05) is 7.11 Å². The third-order valence-corrected chi connectivity index (χ3v) is 3.15. The van der Waals surface area contributed by atoms with Crippen molar-refractivity contribution in [2.24, 2.45) is 0 Å². The van der Waals surface area contributed by atoms with Gasteiger partial charge in [0.15, 0.2) is 0 Å². The molecule has 1 aromatic rings. The number of carbonyl (C=O) groups is 1. The Balaban J connectivity index is 2.89. The van der Waals surface area contributed by atoms with Crippen LogP contribution in [-0.2, 0) is 16.1 Å². The maximum absolute atomic E-state index is 11.5. The number of methoxy groups -OCH3 is 1. The third-order valence-electron chi connectivity index (χ3n) is 2.66. The highest BCUT2D eigenvalue weighted by Crippen LogP contribution is 2.24. The van der Waals surface area contributed by atoms with Crippen LogP contribution in [0.15, 0.2) is 22.7 Å². The number of nitro benzene ring substituents is 1. The molecular weight excluding hydrogens is 316 g/mol. The van der Waals surface area contributed by atoms with Crippen LogP contribution in [0.2, 0.25) is 0 Å². The van der Waals surface area contributed by atoms with Crippen molar-refractivity contribution in [1.29, 1.82) is 0 Å². The summed E-state index contributed by atoms with van der Waals surface area (Å²) in [5.41, 5.74) is -0.400. The Morgan fingerprint density at radius 2 is 2.16 bits per heavy atom. The van der Waals surface area contributed by atoms with Crippen molar-refractivity contribution < 1.29 is 14.5 Å². The second-order valence-corrected chi connectivity index (χ2v) is 5.42. The Morgan fingerprint density at radius 3 is 2.68 bits per heavy atom. The van der Waals surface area contributed by atoms with Crippen molar-refractivity contribution in [3.8, 4) is 0 Å². The average Bonchev–Trinajstić information content (AvgIpc) is 2.36. The maximum Gasteiger partial charge on any atom is 0.325 e. The van der Waals surface area contributed by atoms with Crippen molar-refractivity contribution in [2.45, 2.75) is 25.9 Å². The Bertz CT molecular complexity index is 503. The average molecular weight is 331 g/mol. The first-order valence-electron chi connectivity index (χ1n) is 5.54. The lowest BCUT2D eigenvalue weighted by Crippen LogP contribution is -2.47. The van der Waals surface area contributed by atoms with E-state index in [-0.39, 0.29) is 12.2 Å². The second kappa shape index (κ2) is 6.12. The zero-order chi connectivity index (χ0) is 14.6. The molecule has 0 aliphatic heterocycles. The molecule has 1 N–H and O–H groups in total. The fraction of sp³-hybridized carbons (Fsp3) is 0.417. The smallest absolute Gasteiger partial charge is 0.325 e. The molecule has 1 aromatic carbocycles. The minimum atomic E-state index is -0.907. The number of carbonyl (C=O) groups excluding carboxylic acids is 1. The first-order chi connectivity index (χ1) is 8.77. The van der Waals surface area contributed by atoms with E-state index in [2.05, 4.69) is 26.0 Å². The van der Waals surface area contributed by atoms with Crippen molar-refractivity contribution >= 4 is 27.6 Å². The number of hydrogen-bond donors (Lipinski definition) is 1. The van der Waals surface area contributed by atoms with Gasteiger partial charge in [-0.1, -0.05) is 15.9 Å². The molecule has 19 heavy (non-hydrogen) atoms. The van der Waals surface area contributed by atoms with Crippen LogP contribution in [0.4, 0.5) is 5.69 Å². The molecule has 7 heteroatoms. The van der Waals surface area contributed by atoms with Gasteiger partial charge in [-0.3, -0.25) is 20.2 Å². The van der Waals surface area contributed by atoms with Gasteiger partial charge in [0.1, 0.15) is 5.54 Å². The molecule has 0 fully saturated rings. The molecular formula is C12H15BrN2O4. The highest BCUT2D eigenvalue weighted by Gasteiger charge is 2.28. The van der Waals surface area contributed by atoms with Gasteiger partial charge in [0.2, 0.25) is 0 Å². The Labute approximate surface area is 119 Å². The molecule has 0 saturated carbocycles. The quantitative estimate of drug-likeness (QED) is 0.509. The van der Waals surface area contributed by atoms with E-state index < -0.39 is 16.4 Å². The lowest BCUT2D eigenvalue weighted by molar-refractivity contribution is -0.385. The van der Waals surface area contributed by atoms with Gasteiger partial charge >= 0.3 is 5.97 Å². The van der Waals surface area contributed by atoms with Gasteiger partial charge in [-0.2, -0.15) is 0 Å². The normalized spacial score (nSPS) is 11.2. The fourth-order valence-electron chi connectivity index (χ4n) is 1.50. The molecule has 0 aromatic heterocycles. The number of rotatable bonds is 5. The molecule has 0 aliphatic rings. The zero-order valence-corrected chi connectivity index (χ0v) is 12.5. The molecule has 0 atom stereocenters. The van der Waals surface area contributed by atoms with Gasteiger partial charge in [-0.25, -0.2) is 0 Å². The Kier molecular flexibility index (Phi) is 5.02. The molecule has 0 bridgehead atoms. The van der Waals surface area contributed by atoms with Gasteiger partial charge in [-0.05, 0) is 26.0 Å². The molecule has 1 rings (SSSR count). The van der Waals surface area contributed by atoms with Gasteiger partial charge in [0, 0.05) is 22.6 Å². The molecule has 104 valence electrons. The predicted molar refractivity (Wildman–Crippen MR) is 73.7 cm³/mol. The maximum atomic E-state index is 11.5. The molecule has 0 spiro atoms. The van der Waals surface area contributed by atoms with Crippen LogP contribution in [0, 0.1) is 10.1 Å². The van der Waals surface area contributed by atoms with Crippen LogP contribution in [0.5, 0.6) is 0 Å². The van der Waals surface area contributed by atoms with Gasteiger partial charge in [-0.15, -0.1) is 0 Å². The topological polar surface area (TPSA) is 81.5 Å². The van der Waals surface area contributed by atoms with E-state index in [1.54, 1.807) is 26.0 Å². The van der Waals surface area contributed by atoms with Crippen LogP contribution in [0.25, 0.3) is 0 Å². The van der Waals surface area contributed by atoms with Crippen molar-refractivity contribution in [3.63, 3.8) is 0 Å². The first-order valence-corrected chi connectivity index (χ1v) is 6.33. The van der Waals surface area contributed by atoms with E-state index in [1.807, 2.05) is 0 Å². The molecule has 0 heterocycles. The highest BCUT2D eigenvalue weighted by molar-refractivity contribution is 9.10. The number of benzene rings is 1. The molecule has 0 aliphatic carbocycles. The van der Waals surface area contributed by atoms with Crippen LogP contribution in [-0.4, -0.2) is 23.5 Å². The van der Waals surface area contributed by atoms with E-state index in [0.717, 1.165) is 0 Å². The zero-order valence-electron chi connectivity index (χ0n) is 10.9. The summed E-state index contributed by atoms with van der Waals surface area (Å²) in [5.74, 6) is -0.424. The summed E-state index contributed by atoms with van der Waals surface area (Å²) >= 11 is 3.19. The summed E-state index contributed by atoms with van der Waals surface area (Å²) in [7, 11) is 1.30. The van der Waals surface area contributed by atoms with Crippen LogP contribution in [0.1, 0.15) is 19.4 Å². The highest BCUT2D eigenvalue weighted by atomic mass is 79.9. The van der Waals surface area contributed by atoms with Crippen LogP contribution < -0.4 is 5.32 Å². The van der Waals surface area contributed by atoms with Gasteiger partial charge in [0.25, 0.3) is 5.69 Å². The molecule has 0 radical (unpaired) electrons. The minimum Gasteiger partial charge on any atom is -0.468 e. The van der Waals surface area contributed by atoms with E-state index in [1.165, 1.54) is 13.2 Å². The number of ether oxygens (including phenoxy) is 1. The van der Waals surface area contributed by atoms with Crippen molar-refractivity contribution in [1.82, 2.24) is 5.32 Å². The van der Waals surface area contributed by atoms with Crippen LogP contribution >= 0.6 is 15.9 Å². The number of nitrogens with zero attached hydrogens (tertiary/aromatic N) is 1. The number of esters is 1. The number of nitro groups is 1. The fourth-order valence-corrected chi connectivity index (χ4v) is 1.85. The largest absolute Gasteiger partial charge is 0.468 e. The molecule has 0 unspecified atom stereocenters. The first kappa shape index (κ1) is 15.6. The summed E-state index contributed by atoms with van der Waals surface area (Å²) < 4.78 is 5.29. The molecule has 0 amide bonds. The lowest BCUT2D eigenvalue weighted by atomic mass is 10.0. The van der Waals surface area contributed by atoms with Gasteiger partial charge in [0.05, 0.1) is 12.0 Å². The van der Waals surface area contributed by atoms with Crippen LogP contribution in [0.3, 0.4) is 0 Å². The summed E-state index contributed by atoms with van der Waals surface area (Å²) in [6.07, 6.45) is 0. The van der Waals surface area contributed by atoms with E-state index in [9.17, 15) is 14.9 Å². The lowest BCUT2D eigenvalue weighted by Gasteiger charge is -2.23. The monoisotopic (exact) mass is 330 g/mol. The summed E-state index contributed by atoms with van der Waals surface area (Å²) in [6.45, 7) is 3.51. The Morgan fingerprint density at radius 1 is 1.53 bits per heavy atom. The predicted octanol–water partition coefficient (Wildman–Crippen LogP) is 2.40. The third kappa shape index (κ3) is 4.00. The van der Waals surface area contributed by atoms with E-state index in [0.29, 0.717) is 10.0 Å². The minimum absolute atomic E-state index is 0.00235. The summed E-state index contributed by atoms with van der Waals surface area (Å²) in [6, 6.07) is 4.79. The summed E-state index contributed by atoms with van der Waals surface area (Å²) in [4.78, 5) is 22.0. The second-order valence-electron chi connectivity index (χ2n) is 4.50. The number of halogens is 1. The number of nitrogens with one attached hydrogen (secondary N) is 1. The SMILES string of the molecule is COC(=O)C(C)(C)NCc1ccc(Br)cc1[N+](=O)[O-]. The number of hydrogen-bond acceptors (Lipinski definition) is 5. The standard InChI is InChI=1S/C12H15BrN2O4/c1-12(2,11(16)19-3)14-7-8-4-5-9(13)6-10(8)15(17)18/h4-6,14H,7H2,1-3H3. The molecule has 6 nitrogen and oxygen atoms in total. The van der Waals surface area contributed by atoms with Gasteiger partial charge < -0.3 is 4.74 Å².